The van der Waals surface area contributed by atoms with Crippen molar-refractivity contribution in [1.82, 2.24) is 0 Å². The van der Waals surface area contributed by atoms with Crippen LogP contribution in [0, 0.1) is 12.8 Å². The first-order chi connectivity index (χ1) is 9.47. The van der Waals surface area contributed by atoms with Crippen molar-refractivity contribution in [2.45, 2.75) is 27.3 Å². The Morgan fingerprint density at radius 2 is 1.95 bits per heavy atom. The number of hydrogen-bond donors (Lipinski definition) is 2. The molecule has 106 valence electrons. The molecule has 0 spiro atoms. The summed E-state index contributed by atoms with van der Waals surface area (Å²) in [6, 6.07) is 10.2. The first-order valence-electron chi connectivity index (χ1n) is 6.70. The summed E-state index contributed by atoms with van der Waals surface area (Å²) < 4.78 is 0. The second kappa shape index (κ2) is 6.09. The Labute approximate surface area is 123 Å². The SMILES string of the molecule is Cc1ccc(CNc2cc(N)c(C(=O)C(C)C)s2)cc1. The average Bonchev–Trinajstić information content (AvgIpc) is 2.78. The number of nitrogens with two attached hydrogens (primary N) is 1. The van der Waals surface area contributed by atoms with Gasteiger partial charge in [-0.05, 0) is 18.6 Å². The van der Waals surface area contributed by atoms with Gasteiger partial charge in [-0.2, -0.15) is 0 Å². The normalized spacial score (nSPS) is 10.8. The summed E-state index contributed by atoms with van der Waals surface area (Å²) in [5, 5.41) is 4.26. The molecular formula is C16H20N2OS. The highest BCUT2D eigenvalue weighted by Gasteiger charge is 2.17. The fourth-order valence-corrected chi connectivity index (χ4v) is 2.91. The number of rotatable bonds is 5. The maximum atomic E-state index is 12.0. The van der Waals surface area contributed by atoms with E-state index in [0.717, 1.165) is 11.5 Å². The molecule has 2 rings (SSSR count). The number of ketones is 1. The van der Waals surface area contributed by atoms with E-state index in [4.69, 9.17) is 5.73 Å². The molecule has 0 saturated heterocycles. The van der Waals surface area contributed by atoms with Crippen LogP contribution in [0.4, 0.5) is 10.7 Å². The third-order valence-electron chi connectivity index (χ3n) is 3.10. The van der Waals surface area contributed by atoms with Gasteiger partial charge in [0.25, 0.3) is 0 Å². The first-order valence-corrected chi connectivity index (χ1v) is 7.52. The molecule has 0 aliphatic rings. The molecule has 4 heteroatoms. The van der Waals surface area contributed by atoms with Crippen molar-refractivity contribution in [3.63, 3.8) is 0 Å². The molecule has 0 fully saturated rings. The van der Waals surface area contributed by atoms with Crippen LogP contribution >= 0.6 is 11.3 Å². The van der Waals surface area contributed by atoms with Gasteiger partial charge in [-0.1, -0.05) is 43.7 Å². The number of carbonyl (C=O) groups is 1. The van der Waals surface area contributed by atoms with Crippen LogP contribution in [-0.4, -0.2) is 5.78 Å². The molecule has 3 nitrogen and oxygen atoms in total. The van der Waals surface area contributed by atoms with Gasteiger partial charge in [0.2, 0.25) is 0 Å². The van der Waals surface area contributed by atoms with Gasteiger partial charge in [-0.3, -0.25) is 4.79 Å². The molecule has 0 amide bonds. The number of carbonyl (C=O) groups excluding carboxylic acids is 1. The number of hydrogen-bond acceptors (Lipinski definition) is 4. The van der Waals surface area contributed by atoms with Crippen molar-refractivity contribution in [2.24, 2.45) is 5.92 Å². The van der Waals surface area contributed by atoms with E-state index in [0.29, 0.717) is 10.6 Å². The molecular weight excluding hydrogens is 268 g/mol. The maximum absolute atomic E-state index is 12.0. The molecule has 1 aromatic carbocycles. The maximum Gasteiger partial charge on any atom is 0.177 e. The van der Waals surface area contributed by atoms with Gasteiger partial charge in [0.05, 0.1) is 15.6 Å². The Morgan fingerprint density at radius 3 is 2.55 bits per heavy atom. The topological polar surface area (TPSA) is 55.1 Å². The summed E-state index contributed by atoms with van der Waals surface area (Å²) in [6.07, 6.45) is 0. The van der Waals surface area contributed by atoms with Gasteiger partial charge in [0.1, 0.15) is 0 Å². The lowest BCUT2D eigenvalue weighted by Gasteiger charge is -2.04. The van der Waals surface area contributed by atoms with Crippen LogP contribution in [0.3, 0.4) is 0 Å². The van der Waals surface area contributed by atoms with Crippen LogP contribution in [0.1, 0.15) is 34.6 Å². The molecule has 0 unspecified atom stereocenters. The third kappa shape index (κ3) is 3.39. The number of thiophene rings is 1. The molecule has 0 saturated carbocycles. The summed E-state index contributed by atoms with van der Waals surface area (Å²) in [5.74, 6) is 0.0804. The van der Waals surface area contributed by atoms with Crippen molar-refractivity contribution in [1.29, 1.82) is 0 Å². The monoisotopic (exact) mass is 288 g/mol. The Kier molecular flexibility index (Phi) is 4.45. The van der Waals surface area contributed by atoms with Crippen LogP contribution in [0.15, 0.2) is 30.3 Å². The van der Waals surface area contributed by atoms with E-state index >= 15 is 0 Å². The van der Waals surface area contributed by atoms with E-state index < -0.39 is 0 Å². The average molecular weight is 288 g/mol. The lowest BCUT2D eigenvalue weighted by molar-refractivity contribution is 0.0944. The number of Topliss-reactive ketones (excluding diaryl/α,β-unsaturated/α-hetero) is 1. The van der Waals surface area contributed by atoms with E-state index in [2.05, 4.69) is 36.5 Å². The van der Waals surface area contributed by atoms with Gasteiger partial charge < -0.3 is 11.1 Å². The summed E-state index contributed by atoms with van der Waals surface area (Å²) in [6.45, 7) is 6.58. The standard InChI is InChI=1S/C16H20N2OS/c1-10(2)15(19)16-13(17)8-14(20-16)18-9-12-6-4-11(3)5-7-12/h4-8,10,18H,9,17H2,1-3H3. The number of nitrogen functional groups attached to an aromatic ring is 1. The second-order valence-electron chi connectivity index (χ2n) is 5.25. The van der Waals surface area contributed by atoms with Crippen molar-refractivity contribution >= 4 is 27.8 Å². The van der Waals surface area contributed by atoms with Crippen molar-refractivity contribution in [3.8, 4) is 0 Å². The fourth-order valence-electron chi connectivity index (χ4n) is 1.84. The molecule has 3 N–H and O–H groups in total. The zero-order valence-electron chi connectivity index (χ0n) is 12.1. The molecule has 0 aliphatic heterocycles. The molecule has 0 bridgehead atoms. The Hall–Kier alpha value is -1.81. The largest absolute Gasteiger partial charge is 0.397 e. The van der Waals surface area contributed by atoms with Crippen LogP contribution < -0.4 is 11.1 Å². The van der Waals surface area contributed by atoms with Gasteiger partial charge in [0.15, 0.2) is 5.78 Å². The zero-order chi connectivity index (χ0) is 14.7. The van der Waals surface area contributed by atoms with Crippen LogP contribution in [0.5, 0.6) is 0 Å². The molecule has 2 aromatic rings. The summed E-state index contributed by atoms with van der Waals surface area (Å²) >= 11 is 1.43. The van der Waals surface area contributed by atoms with Crippen molar-refractivity contribution in [2.75, 3.05) is 11.1 Å². The highest BCUT2D eigenvalue weighted by Crippen LogP contribution is 2.31. The smallest absolute Gasteiger partial charge is 0.177 e. The van der Waals surface area contributed by atoms with E-state index in [-0.39, 0.29) is 11.7 Å². The van der Waals surface area contributed by atoms with Gasteiger partial charge in [-0.15, -0.1) is 11.3 Å². The zero-order valence-corrected chi connectivity index (χ0v) is 12.9. The minimum absolute atomic E-state index is 0.0269. The van der Waals surface area contributed by atoms with Crippen molar-refractivity contribution < 1.29 is 4.79 Å². The van der Waals surface area contributed by atoms with Crippen LogP contribution in [0.2, 0.25) is 0 Å². The fraction of sp³-hybridized carbons (Fsp3) is 0.312. The number of benzene rings is 1. The summed E-state index contributed by atoms with van der Waals surface area (Å²) in [7, 11) is 0. The lowest BCUT2D eigenvalue weighted by atomic mass is 10.1. The van der Waals surface area contributed by atoms with Gasteiger partial charge in [0, 0.05) is 12.5 Å². The highest BCUT2D eigenvalue weighted by molar-refractivity contribution is 7.18. The summed E-state index contributed by atoms with van der Waals surface area (Å²) in [4.78, 5) is 12.7. The summed E-state index contributed by atoms with van der Waals surface area (Å²) in [5.41, 5.74) is 8.94. The van der Waals surface area contributed by atoms with E-state index in [1.54, 1.807) is 0 Å². The Morgan fingerprint density at radius 1 is 1.30 bits per heavy atom. The number of nitrogens with one attached hydrogen (secondary N) is 1. The van der Waals surface area contributed by atoms with Gasteiger partial charge in [-0.25, -0.2) is 0 Å². The number of anilines is 2. The minimum atomic E-state index is -0.0269. The van der Waals surface area contributed by atoms with E-state index in [1.165, 1.54) is 22.5 Å². The minimum Gasteiger partial charge on any atom is -0.397 e. The predicted octanol–water partition coefficient (Wildman–Crippen LogP) is 4.09. The van der Waals surface area contributed by atoms with E-state index in [1.807, 2.05) is 19.9 Å². The molecule has 1 aromatic heterocycles. The Balaban J connectivity index is 2.05. The van der Waals surface area contributed by atoms with Gasteiger partial charge >= 0.3 is 0 Å². The second-order valence-corrected chi connectivity index (χ2v) is 6.31. The van der Waals surface area contributed by atoms with Crippen LogP contribution in [-0.2, 0) is 6.54 Å². The predicted molar refractivity (Wildman–Crippen MR) is 86.4 cm³/mol. The Bertz CT molecular complexity index is 599. The third-order valence-corrected chi connectivity index (χ3v) is 4.22. The van der Waals surface area contributed by atoms with Crippen LogP contribution in [0.25, 0.3) is 0 Å². The lowest BCUT2D eigenvalue weighted by Crippen LogP contribution is -2.07. The highest BCUT2D eigenvalue weighted by atomic mass is 32.1. The molecule has 0 atom stereocenters. The molecule has 1 heterocycles. The number of aryl methyl sites for hydroxylation is 1. The quantitative estimate of drug-likeness (QED) is 0.815. The molecule has 0 aliphatic carbocycles. The molecule has 0 radical (unpaired) electrons. The van der Waals surface area contributed by atoms with Crippen molar-refractivity contribution in [3.05, 3.63) is 46.3 Å². The van der Waals surface area contributed by atoms with E-state index in [9.17, 15) is 4.79 Å². The first kappa shape index (κ1) is 14.6. The molecule has 20 heavy (non-hydrogen) atoms.